The third-order valence-corrected chi connectivity index (χ3v) is 3.60. The molecule has 0 aliphatic heterocycles. The van der Waals surface area contributed by atoms with Crippen LogP contribution < -0.4 is 11.3 Å². The first-order valence-electron chi connectivity index (χ1n) is 6.52. The van der Waals surface area contributed by atoms with Crippen molar-refractivity contribution < 1.29 is 0 Å². The van der Waals surface area contributed by atoms with Crippen molar-refractivity contribution in [2.75, 3.05) is 0 Å². The smallest absolute Gasteiger partial charge is 0.0500 e. The minimum Gasteiger partial charge on any atom is -0.271 e. The molecule has 0 bridgehead atoms. The van der Waals surface area contributed by atoms with Gasteiger partial charge < -0.3 is 0 Å². The molecule has 0 aromatic heterocycles. The highest BCUT2D eigenvalue weighted by molar-refractivity contribution is 6.30. The fraction of sp³-hybridized carbons (Fsp3) is 0.250. The summed E-state index contributed by atoms with van der Waals surface area (Å²) >= 11 is 5.89. The highest BCUT2D eigenvalue weighted by Gasteiger charge is 2.10. The summed E-state index contributed by atoms with van der Waals surface area (Å²) in [7, 11) is 0. The SMILES string of the molecule is CCc1ccc(C(Cc2ccc(Cl)cc2)NN)cc1. The predicted molar refractivity (Wildman–Crippen MR) is 81.0 cm³/mol. The molecule has 0 heterocycles. The molecule has 0 amide bonds. The van der Waals surface area contributed by atoms with Crippen LogP contribution in [0.1, 0.15) is 29.7 Å². The van der Waals surface area contributed by atoms with E-state index in [2.05, 4.69) is 36.6 Å². The number of hydrazine groups is 1. The number of halogens is 1. The van der Waals surface area contributed by atoms with Crippen LogP contribution in [-0.4, -0.2) is 0 Å². The number of hydrogen-bond acceptors (Lipinski definition) is 2. The van der Waals surface area contributed by atoms with Crippen LogP contribution in [0, 0.1) is 0 Å². The lowest BCUT2D eigenvalue weighted by Crippen LogP contribution is -2.29. The van der Waals surface area contributed by atoms with E-state index < -0.39 is 0 Å². The summed E-state index contributed by atoms with van der Waals surface area (Å²) in [5.74, 6) is 5.68. The fourth-order valence-electron chi connectivity index (χ4n) is 2.11. The van der Waals surface area contributed by atoms with Crippen LogP contribution in [0.2, 0.25) is 5.02 Å². The van der Waals surface area contributed by atoms with Gasteiger partial charge in [-0.05, 0) is 41.7 Å². The van der Waals surface area contributed by atoms with Crippen LogP contribution in [-0.2, 0) is 12.8 Å². The van der Waals surface area contributed by atoms with E-state index in [0.717, 1.165) is 17.9 Å². The van der Waals surface area contributed by atoms with Crippen molar-refractivity contribution in [3.8, 4) is 0 Å². The molecular weight excluding hydrogens is 256 g/mol. The second kappa shape index (κ2) is 6.71. The molecular formula is C16H19ClN2. The van der Waals surface area contributed by atoms with Crippen LogP contribution in [0.25, 0.3) is 0 Å². The monoisotopic (exact) mass is 274 g/mol. The van der Waals surface area contributed by atoms with E-state index in [1.54, 1.807) is 0 Å². The molecule has 0 aliphatic rings. The zero-order valence-electron chi connectivity index (χ0n) is 11.1. The Kier molecular flexibility index (Phi) is 4.97. The largest absolute Gasteiger partial charge is 0.271 e. The average Bonchev–Trinajstić information content (AvgIpc) is 2.47. The van der Waals surface area contributed by atoms with E-state index in [4.69, 9.17) is 17.4 Å². The van der Waals surface area contributed by atoms with Gasteiger partial charge in [0.05, 0.1) is 0 Å². The third-order valence-electron chi connectivity index (χ3n) is 3.34. The van der Waals surface area contributed by atoms with E-state index in [1.807, 2.05) is 24.3 Å². The lowest BCUT2D eigenvalue weighted by molar-refractivity contribution is 0.552. The van der Waals surface area contributed by atoms with Crippen molar-refractivity contribution in [2.24, 2.45) is 5.84 Å². The minimum absolute atomic E-state index is 0.118. The first-order chi connectivity index (χ1) is 9.22. The number of rotatable bonds is 5. The van der Waals surface area contributed by atoms with Gasteiger partial charge in [-0.15, -0.1) is 0 Å². The van der Waals surface area contributed by atoms with Crippen LogP contribution in [0.3, 0.4) is 0 Å². The topological polar surface area (TPSA) is 38.0 Å². The Labute approximate surface area is 119 Å². The van der Waals surface area contributed by atoms with E-state index in [9.17, 15) is 0 Å². The molecule has 0 saturated carbocycles. The highest BCUT2D eigenvalue weighted by atomic mass is 35.5. The lowest BCUT2D eigenvalue weighted by atomic mass is 9.98. The minimum atomic E-state index is 0.118. The molecule has 2 aromatic rings. The number of aryl methyl sites for hydroxylation is 1. The Hall–Kier alpha value is -1.35. The normalized spacial score (nSPS) is 12.4. The molecule has 0 saturated heterocycles. The van der Waals surface area contributed by atoms with Crippen LogP contribution >= 0.6 is 11.6 Å². The summed E-state index contributed by atoms with van der Waals surface area (Å²) in [6.07, 6.45) is 1.90. The summed E-state index contributed by atoms with van der Waals surface area (Å²) in [6.45, 7) is 2.15. The van der Waals surface area contributed by atoms with Crippen molar-refractivity contribution >= 4 is 11.6 Å². The second-order valence-electron chi connectivity index (χ2n) is 4.64. The fourth-order valence-corrected chi connectivity index (χ4v) is 2.24. The highest BCUT2D eigenvalue weighted by Crippen LogP contribution is 2.20. The van der Waals surface area contributed by atoms with Crippen molar-refractivity contribution in [2.45, 2.75) is 25.8 Å². The Balaban J connectivity index is 2.12. The summed E-state index contributed by atoms with van der Waals surface area (Å²) < 4.78 is 0. The number of benzene rings is 2. The van der Waals surface area contributed by atoms with E-state index in [-0.39, 0.29) is 6.04 Å². The quantitative estimate of drug-likeness (QED) is 0.645. The second-order valence-corrected chi connectivity index (χ2v) is 5.08. The molecule has 2 nitrogen and oxygen atoms in total. The first-order valence-corrected chi connectivity index (χ1v) is 6.90. The Morgan fingerprint density at radius 2 is 1.58 bits per heavy atom. The summed E-state index contributed by atoms with van der Waals surface area (Å²) in [5, 5.41) is 0.758. The van der Waals surface area contributed by atoms with E-state index in [1.165, 1.54) is 16.7 Å². The zero-order chi connectivity index (χ0) is 13.7. The van der Waals surface area contributed by atoms with Gasteiger partial charge in [0.25, 0.3) is 0 Å². The summed E-state index contributed by atoms with van der Waals surface area (Å²) in [6, 6.07) is 16.6. The van der Waals surface area contributed by atoms with E-state index in [0.29, 0.717) is 0 Å². The molecule has 2 rings (SSSR count). The van der Waals surface area contributed by atoms with Gasteiger partial charge in [-0.2, -0.15) is 0 Å². The molecule has 2 aromatic carbocycles. The van der Waals surface area contributed by atoms with Gasteiger partial charge in [0.2, 0.25) is 0 Å². The molecule has 1 atom stereocenters. The molecule has 0 fully saturated rings. The van der Waals surface area contributed by atoms with Crippen molar-refractivity contribution in [1.82, 2.24) is 5.43 Å². The first kappa shape index (κ1) is 14.1. The van der Waals surface area contributed by atoms with Gasteiger partial charge in [-0.25, -0.2) is 0 Å². The molecule has 0 aliphatic carbocycles. The number of nitrogens with two attached hydrogens (primary N) is 1. The average molecular weight is 275 g/mol. The van der Waals surface area contributed by atoms with Gasteiger partial charge >= 0.3 is 0 Å². The molecule has 3 heteroatoms. The van der Waals surface area contributed by atoms with Gasteiger partial charge in [0, 0.05) is 11.1 Å². The maximum atomic E-state index is 5.89. The van der Waals surface area contributed by atoms with Crippen LogP contribution in [0.15, 0.2) is 48.5 Å². The van der Waals surface area contributed by atoms with Gasteiger partial charge in [-0.3, -0.25) is 11.3 Å². The third kappa shape index (κ3) is 3.80. The molecule has 19 heavy (non-hydrogen) atoms. The zero-order valence-corrected chi connectivity index (χ0v) is 11.8. The molecule has 3 N–H and O–H groups in total. The Bertz CT molecular complexity index is 505. The van der Waals surface area contributed by atoms with Gasteiger partial charge in [-0.1, -0.05) is 54.9 Å². The van der Waals surface area contributed by atoms with Gasteiger partial charge in [0.15, 0.2) is 0 Å². The molecule has 0 spiro atoms. The maximum absolute atomic E-state index is 5.89. The van der Waals surface area contributed by atoms with Crippen LogP contribution in [0.5, 0.6) is 0 Å². The van der Waals surface area contributed by atoms with E-state index >= 15 is 0 Å². The Morgan fingerprint density at radius 1 is 1.00 bits per heavy atom. The van der Waals surface area contributed by atoms with Crippen molar-refractivity contribution in [1.29, 1.82) is 0 Å². The number of hydrogen-bond donors (Lipinski definition) is 2. The molecule has 100 valence electrons. The Morgan fingerprint density at radius 3 is 2.11 bits per heavy atom. The molecule has 0 radical (unpaired) electrons. The summed E-state index contributed by atoms with van der Waals surface area (Å²) in [5.41, 5.74) is 6.64. The lowest BCUT2D eigenvalue weighted by Gasteiger charge is -2.17. The predicted octanol–water partition coefficient (Wildman–Crippen LogP) is 3.65. The number of nitrogens with one attached hydrogen (secondary N) is 1. The summed E-state index contributed by atoms with van der Waals surface area (Å²) in [4.78, 5) is 0. The van der Waals surface area contributed by atoms with Gasteiger partial charge in [0.1, 0.15) is 0 Å². The molecule has 1 unspecified atom stereocenters. The standard InChI is InChI=1S/C16H19ClN2/c1-2-12-3-7-14(8-4-12)16(19-18)11-13-5-9-15(17)10-6-13/h3-10,16,19H,2,11,18H2,1H3. The maximum Gasteiger partial charge on any atom is 0.0500 e. The van der Waals surface area contributed by atoms with Crippen LogP contribution in [0.4, 0.5) is 0 Å². The van der Waals surface area contributed by atoms with Crippen molar-refractivity contribution in [3.63, 3.8) is 0 Å². The van der Waals surface area contributed by atoms with Crippen molar-refractivity contribution in [3.05, 3.63) is 70.2 Å².